The Morgan fingerprint density at radius 2 is 1.23 bits per heavy atom. The first-order valence-electron chi connectivity index (χ1n) is 12.2. The van der Waals surface area contributed by atoms with Crippen LogP contribution in [-0.4, -0.2) is 15.0 Å². The molecular weight excluding hydrogens is 472 g/mol. The molecule has 5 rings (SSSR count). The largest absolute Gasteiger partial charge is 4.00 e. The van der Waals surface area contributed by atoms with Gasteiger partial charge in [-0.2, -0.15) is 54.8 Å². The second-order valence-corrected chi connectivity index (χ2v) is 8.93. The van der Waals surface area contributed by atoms with Gasteiger partial charge in [-0.05, 0) is 15.4 Å². The molecule has 0 aliphatic carbocycles. The van der Waals surface area contributed by atoms with E-state index >= 15 is 0 Å². The maximum absolute atomic E-state index is 3.60. The zero-order valence-corrected chi connectivity index (χ0v) is 24.3. The molecule has 0 radical (unpaired) electrons. The first kappa shape index (κ1) is 30.7. The molecule has 0 unspecified atom stereocenters. The Morgan fingerprint density at radius 1 is 0.771 bits per heavy atom. The monoisotopic (exact) mass is 510 g/mol. The molecule has 0 saturated heterocycles. The quantitative estimate of drug-likeness (QED) is 0.164. The molecule has 0 amide bonds. The van der Waals surface area contributed by atoms with Crippen molar-refractivity contribution < 1.29 is 21.7 Å². The van der Waals surface area contributed by atoms with Crippen molar-refractivity contribution >= 4 is 36.6 Å². The summed E-state index contributed by atoms with van der Waals surface area (Å²) in [7, 11) is 2.00. The first-order chi connectivity index (χ1) is 16.7. The van der Waals surface area contributed by atoms with Crippen LogP contribution in [-0.2, 0) is 21.7 Å². The van der Waals surface area contributed by atoms with Gasteiger partial charge in [0.2, 0.25) is 0 Å². The Kier molecular flexibility index (Phi) is 16.6. The maximum Gasteiger partial charge on any atom is 4.00 e. The molecule has 0 atom stereocenters. The molecule has 178 valence electrons. The van der Waals surface area contributed by atoms with Crippen LogP contribution in [0.1, 0.15) is 45.1 Å². The van der Waals surface area contributed by atoms with Crippen LogP contribution in [0.15, 0.2) is 115 Å². The summed E-state index contributed by atoms with van der Waals surface area (Å²) in [5.74, 6) is 0. The molecule has 0 aliphatic rings. The van der Waals surface area contributed by atoms with E-state index < -0.39 is 0 Å². The second-order valence-electron chi connectivity index (χ2n) is 8.08. The fourth-order valence-electron chi connectivity index (χ4n) is 3.28. The molecule has 0 fully saturated rings. The smallest absolute Gasteiger partial charge is 0.343 e. The summed E-state index contributed by atoms with van der Waals surface area (Å²) in [6.07, 6.45) is 6.88. The molecule has 0 saturated carbocycles. The van der Waals surface area contributed by atoms with Crippen molar-refractivity contribution in [1.29, 1.82) is 0 Å². The summed E-state index contributed by atoms with van der Waals surface area (Å²) in [5.41, 5.74) is 1.39. The van der Waals surface area contributed by atoms with Crippen LogP contribution in [0.4, 0.5) is 0 Å². The van der Waals surface area contributed by atoms with Gasteiger partial charge < -0.3 is 13.3 Å². The van der Waals surface area contributed by atoms with Gasteiger partial charge in [-0.15, -0.1) is 59.3 Å². The van der Waals surface area contributed by atoms with Crippen molar-refractivity contribution in [2.24, 2.45) is 0 Å². The molecule has 5 aromatic rings. The number of unbranched alkanes of at least 4 members (excludes halogenated alkanes) is 2. The van der Waals surface area contributed by atoms with Crippen molar-refractivity contribution in [3.05, 3.63) is 134 Å². The Morgan fingerprint density at radius 3 is 1.66 bits per heavy atom. The van der Waals surface area contributed by atoms with Crippen LogP contribution < -0.4 is 0 Å². The van der Waals surface area contributed by atoms with E-state index in [0.717, 1.165) is 6.42 Å². The third-order valence-electron chi connectivity index (χ3n) is 5.37. The number of hydrogen-bond donors (Lipinski definition) is 0. The topological polar surface area (TPSA) is 0 Å². The number of rotatable bonds is 5. The van der Waals surface area contributed by atoms with E-state index in [1.54, 1.807) is 0 Å². The minimum atomic E-state index is 0. The maximum atomic E-state index is 3.60. The van der Waals surface area contributed by atoms with Gasteiger partial charge in [0.15, 0.2) is 0 Å². The Labute approximate surface area is 231 Å². The normalized spacial score (nSPS) is 9.46. The molecule has 0 nitrogen and oxygen atoms in total. The van der Waals surface area contributed by atoms with Crippen LogP contribution in [0.5, 0.6) is 0 Å². The fraction of sp³-hybridized carbons (Fsp3) is 0.182. The first-order valence-corrected chi connectivity index (χ1v) is 12.9. The third kappa shape index (κ3) is 11.8. The van der Waals surface area contributed by atoms with E-state index in [4.69, 9.17) is 0 Å². The third-order valence-corrected chi connectivity index (χ3v) is 6.13. The van der Waals surface area contributed by atoms with E-state index in [2.05, 4.69) is 142 Å². The van der Waals surface area contributed by atoms with Gasteiger partial charge in [0, 0.05) is 0 Å². The van der Waals surface area contributed by atoms with Gasteiger partial charge in [0.25, 0.3) is 0 Å². The molecule has 0 spiro atoms. The molecule has 5 aromatic carbocycles. The van der Waals surface area contributed by atoms with Gasteiger partial charge in [0.1, 0.15) is 0 Å². The van der Waals surface area contributed by atoms with Crippen molar-refractivity contribution in [3.8, 4) is 0 Å². The number of benzene rings is 3. The predicted octanol–water partition coefficient (Wildman–Crippen LogP) is 8.58. The molecule has 0 N–H and O–H groups in total. The Hall–Kier alpha value is -2.32. The van der Waals surface area contributed by atoms with Gasteiger partial charge in [-0.1, -0.05) is 67.4 Å². The van der Waals surface area contributed by atoms with Crippen LogP contribution in [0.25, 0.3) is 21.5 Å². The fourth-order valence-corrected chi connectivity index (χ4v) is 3.72. The standard InChI is InChI=1S/C11H15Si.2C9H7.C4H9.Ti/c1-2-3-9-11(12)10-7-5-4-6-8-10;2*1-2-5-9-7-3-6-8(9)4-1;1-3-4-2;/h2,4-8H,3,9,12H2,1H3;2*1-7H;1,3-4H2,2H3;/q4*-1;+4. The predicted molar refractivity (Wildman–Crippen MR) is 158 cm³/mol. The summed E-state index contributed by atoms with van der Waals surface area (Å²) in [6.45, 7) is 7.83. The minimum Gasteiger partial charge on any atom is -0.343 e. The molecule has 0 aromatic heterocycles. The molecular formula is C33H38SiTi. The zero-order valence-electron chi connectivity index (χ0n) is 21.3. The van der Waals surface area contributed by atoms with Gasteiger partial charge in [-0.3, -0.25) is 0 Å². The van der Waals surface area contributed by atoms with Crippen LogP contribution in [0.3, 0.4) is 0 Å². The van der Waals surface area contributed by atoms with E-state index in [1.165, 1.54) is 51.5 Å². The molecule has 35 heavy (non-hydrogen) atoms. The zero-order chi connectivity index (χ0) is 24.4. The molecule has 0 bridgehead atoms. The van der Waals surface area contributed by atoms with Gasteiger partial charge >= 0.3 is 21.7 Å². The molecule has 0 aliphatic heterocycles. The van der Waals surface area contributed by atoms with E-state index in [9.17, 15) is 0 Å². The van der Waals surface area contributed by atoms with E-state index in [-0.39, 0.29) is 21.7 Å². The summed E-state index contributed by atoms with van der Waals surface area (Å²) in [6, 6.07) is 40.0. The van der Waals surface area contributed by atoms with Crippen molar-refractivity contribution in [3.63, 3.8) is 0 Å². The Balaban J connectivity index is 0.000000243. The minimum absolute atomic E-state index is 0. The van der Waals surface area contributed by atoms with Crippen molar-refractivity contribution in [2.75, 3.05) is 0 Å². The summed E-state index contributed by atoms with van der Waals surface area (Å²) >= 11 is 0. The van der Waals surface area contributed by atoms with E-state index in [1.807, 2.05) is 9.85 Å². The van der Waals surface area contributed by atoms with Gasteiger partial charge in [-0.25, -0.2) is 0 Å². The molecule has 0 heterocycles. The van der Waals surface area contributed by atoms with Crippen molar-refractivity contribution in [2.45, 2.75) is 39.5 Å². The van der Waals surface area contributed by atoms with Crippen LogP contribution in [0, 0.1) is 13.3 Å². The summed E-state index contributed by atoms with van der Waals surface area (Å²) in [4.78, 5) is 0. The van der Waals surface area contributed by atoms with Gasteiger partial charge in [0.05, 0.1) is 0 Å². The van der Waals surface area contributed by atoms with E-state index in [0.29, 0.717) is 0 Å². The summed E-state index contributed by atoms with van der Waals surface area (Å²) < 4.78 is 0. The SMILES string of the molecule is C[CH-]CCC(=[SiH2])c1ccccc1.[CH2-]CCC.[Ti+4].c1ccc2[cH-]ccc2c1.c1ccc2[cH-]ccc2c1. The average molecular weight is 511 g/mol. The summed E-state index contributed by atoms with van der Waals surface area (Å²) in [5, 5.41) is 6.83. The van der Waals surface area contributed by atoms with Crippen LogP contribution >= 0.6 is 0 Å². The number of fused-ring (bicyclic) bond motifs is 2. The second kappa shape index (κ2) is 18.9. The molecule has 2 heteroatoms. The Bertz CT molecular complexity index is 1050. The van der Waals surface area contributed by atoms with Crippen LogP contribution in [0.2, 0.25) is 0 Å². The number of hydrogen-bond acceptors (Lipinski definition) is 0. The average Bonchev–Trinajstić information content (AvgIpc) is 3.58. The van der Waals surface area contributed by atoms with Crippen molar-refractivity contribution in [1.82, 2.24) is 0 Å².